The van der Waals surface area contributed by atoms with Gasteiger partial charge in [0.1, 0.15) is 5.75 Å². The lowest BCUT2D eigenvalue weighted by Gasteiger charge is -2.37. The second-order valence-corrected chi connectivity index (χ2v) is 16.2. The molecule has 1 N–H and O–H groups in total. The van der Waals surface area contributed by atoms with Crippen LogP contribution >= 0.6 is 0 Å². The van der Waals surface area contributed by atoms with Crippen molar-refractivity contribution in [1.29, 1.82) is 0 Å². The van der Waals surface area contributed by atoms with Gasteiger partial charge < -0.3 is 28.4 Å². The highest BCUT2D eigenvalue weighted by molar-refractivity contribution is 7.92. The predicted molar refractivity (Wildman–Crippen MR) is 215 cm³/mol. The predicted octanol–water partition coefficient (Wildman–Crippen LogP) is 7.96. The summed E-state index contributed by atoms with van der Waals surface area (Å²) in [6.07, 6.45) is 2.61. The summed E-state index contributed by atoms with van der Waals surface area (Å²) in [4.78, 5) is 4.68. The molecule has 5 aromatic rings. The maximum Gasteiger partial charge on any atom is 0.262 e. The van der Waals surface area contributed by atoms with E-state index in [0.29, 0.717) is 64.5 Å². The zero-order chi connectivity index (χ0) is 39.1. The third-order valence-electron chi connectivity index (χ3n) is 11.3. The molecule has 0 aromatic heterocycles. The Kier molecular flexibility index (Phi) is 10.2. The van der Waals surface area contributed by atoms with Crippen molar-refractivity contribution in [3.63, 3.8) is 0 Å². The van der Waals surface area contributed by atoms with Crippen molar-refractivity contribution in [1.82, 2.24) is 9.80 Å². The van der Waals surface area contributed by atoms with Crippen LogP contribution in [0.3, 0.4) is 0 Å². The summed E-state index contributed by atoms with van der Waals surface area (Å²) in [6.45, 7) is 1.61. The van der Waals surface area contributed by atoms with Crippen molar-refractivity contribution in [3.8, 4) is 46.0 Å². The van der Waals surface area contributed by atoms with Crippen molar-refractivity contribution < 1.29 is 36.8 Å². The fraction of sp³-hybridized carbons (Fsp3) is 0.318. The summed E-state index contributed by atoms with van der Waals surface area (Å²) in [5, 5.41) is 0. The van der Waals surface area contributed by atoms with Gasteiger partial charge in [0.25, 0.3) is 10.0 Å². The standard InChI is InChI=1S/C44H47N3O8S/c1-46-18-16-28-22-36(50-3)39-25-33(28)34(46)20-27-12-14-32(15-13-27)54-38-24-30(41(26-37(38)51-4)56(48,49)45-31-10-8-7-9-11-31)21-35-42-29(17-19-47(35)2)23-40(52-5)43(53-6)44(42)55-39/h7-15,22-26,34-35,45H,16-21H2,1-6H3/t34?,35-/m1/s1. The lowest BCUT2D eigenvalue weighted by molar-refractivity contribution is 0.219. The summed E-state index contributed by atoms with van der Waals surface area (Å²) in [5.41, 5.74) is 6.38. The topological polar surface area (TPSA) is 108 Å². The van der Waals surface area contributed by atoms with Crippen LogP contribution in [-0.4, -0.2) is 73.8 Å². The highest BCUT2D eigenvalue weighted by atomic mass is 32.2. The van der Waals surface area contributed by atoms with Gasteiger partial charge in [-0.3, -0.25) is 14.5 Å². The molecular formula is C44H47N3O8S. The number of hydrogen-bond donors (Lipinski definition) is 1. The van der Waals surface area contributed by atoms with E-state index in [4.69, 9.17) is 28.4 Å². The Bertz CT molecular complexity index is 2370. The lowest BCUT2D eigenvalue weighted by Crippen LogP contribution is -2.34. The molecule has 4 aliphatic rings. The molecule has 0 saturated carbocycles. The van der Waals surface area contributed by atoms with Crippen molar-refractivity contribution in [3.05, 3.63) is 118 Å². The van der Waals surface area contributed by atoms with Gasteiger partial charge in [-0.2, -0.15) is 0 Å². The summed E-state index contributed by atoms with van der Waals surface area (Å²) in [6, 6.07) is 26.1. The number of benzene rings is 5. The minimum atomic E-state index is -4.12. The Morgan fingerprint density at radius 3 is 2.00 bits per heavy atom. The number of methoxy groups -OCH3 is 4. The normalized spacial score (nSPS) is 18.0. The van der Waals surface area contributed by atoms with E-state index in [-0.39, 0.29) is 29.1 Å². The van der Waals surface area contributed by atoms with E-state index < -0.39 is 10.0 Å². The molecule has 2 atom stereocenters. The van der Waals surface area contributed by atoms with Crippen LogP contribution in [0.25, 0.3) is 0 Å². The summed E-state index contributed by atoms with van der Waals surface area (Å²) < 4.78 is 68.9. The smallest absolute Gasteiger partial charge is 0.262 e. The van der Waals surface area contributed by atoms with E-state index in [0.717, 1.165) is 36.1 Å². The number of rotatable bonds is 7. The molecular weight excluding hydrogens is 731 g/mol. The Labute approximate surface area is 328 Å². The minimum Gasteiger partial charge on any atom is -0.493 e. The minimum absolute atomic E-state index is 0.0743. The number of ether oxygens (including phenoxy) is 6. The highest BCUT2D eigenvalue weighted by Gasteiger charge is 2.36. The SMILES string of the molecule is COc1cc(S(=O)(=O)Nc2ccccc2)c2cc1Oc1ccc(cc1)CC1c3cc(c(OC)cc3CCN1C)Oc1c(OC)c(OC)cc3c1[C@@H](C2)N(C)CC3. The van der Waals surface area contributed by atoms with Gasteiger partial charge in [-0.1, -0.05) is 30.3 Å². The van der Waals surface area contributed by atoms with Crippen LogP contribution in [0.1, 0.15) is 45.5 Å². The van der Waals surface area contributed by atoms with Crippen molar-refractivity contribution in [2.24, 2.45) is 0 Å². The summed E-state index contributed by atoms with van der Waals surface area (Å²) in [5.74, 6) is 3.93. The van der Waals surface area contributed by atoms with Crippen LogP contribution in [0.4, 0.5) is 5.69 Å². The first kappa shape index (κ1) is 37.5. The Hall–Kier alpha value is -5.43. The second-order valence-electron chi connectivity index (χ2n) is 14.5. The number of para-hydroxylation sites is 1. The van der Waals surface area contributed by atoms with Gasteiger partial charge in [0, 0.05) is 42.5 Å². The molecule has 1 unspecified atom stereocenters. The number of likely N-dealkylation sites (N-methyl/N-ethyl adjacent to an activating group) is 2. The van der Waals surface area contributed by atoms with E-state index in [1.54, 1.807) is 57.7 Å². The molecule has 12 heteroatoms. The van der Waals surface area contributed by atoms with Gasteiger partial charge in [-0.15, -0.1) is 0 Å². The molecule has 0 radical (unpaired) electrons. The van der Waals surface area contributed by atoms with Crippen LogP contribution in [0.15, 0.2) is 89.8 Å². The quantitative estimate of drug-likeness (QED) is 0.175. The molecule has 0 saturated heterocycles. The monoisotopic (exact) mass is 777 g/mol. The average molecular weight is 778 g/mol. The van der Waals surface area contributed by atoms with Gasteiger partial charge in [0.05, 0.1) is 33.3 Å². The average Bonchev–Trinajstić information content (AvgIpc) is 3.20. The molecule has 0 aliphatic carbocycles. The van der Waals surface area contributed by atoms with Crippen molar-refractivity contribution in [2.75, 3.05) is 60.3 Å². The fourth-order valence-corrected chi connectivity index (χ4v) is 9.59. The molecule has 4 heterocycles. The largest absolute Gasteiger partial charge is 0.493 e. The molecule has 292 valence electrons. The molecule has 56 heavy (non-hydrogen) atoms. The van der Waals surface area contributed by atoms with Crippen molar-refractivity contribution >= 4 is 15.7 Å². The first-order valence-corrected chi connectivity index (χ1v) is 20.2. The lowest BCUT2D eigenvalue weighted by atomic mass is 9.87. The van der Waals surface area contributed by atoms with Gasteiger partial charge in [0.2, 0.25) is 5.75 Å². The zero-order valence-corrected chi connectivity index (χ0v) is 33.4. The molecule has 4 aliphatic heterocycles. The molecule has 9 rings (SSSR count). The number of sulfonamides is 1. The Balaban J connectivity index is 1.38. The maximum atomic E-state index is 14.4. The molecule has 0 fully saturated rings. The first-order chi connectivity index (χ1) is 27.1. The Morgan fingerprint density at radius 1 is 0.661 bits per heavy atom. The zero-order valence-electron chi connectivity index (χ0n) is 32.5. The maximum absolute atomic E-state index is 14.4. The van der Waals surface area contributed by atoms with Gasteiger partial charge in [-0.25, -0.2) is 8.42 Å². The molecule has 11 nitrogen and oxygen atoms in total. The number of nitrogens with one attached hydrogen (secondary N) is 1. The third-order valence-corrected chi connectivity index (χ3v) is 12.7. The Morgan fingerprint density at radius 2 is 1.30 bits per heavy atom. The van der Waals surface area contributed by atoms with E-state index in [9.17, 15) is 8.42 Å². The summed E-state index contributed by atoms with van der Waals surface area (Å²) in [7, 11) is 6.47. The van der Waals surface area contributed by atoms with Crippen molar-refractivity contribution in [2.45, 2.75) is 42.7 Å². The number of anilines is 1. The van der Waals surface area contributed by atoms with E-state index in [2.05, 4.69) is 45.8 Å². The van der Waals surface area contributed by atoms with Gasteiger partial charge in [-0.05, 0) is 116 Å². The van der Waals surface area contributed by atoms with Crippen LogP contribution < -0.4 is 33.1 Å². The number of fused-ring (bicyclic) bond motifs is 2. The van der Waals surface area contributed by atoms with Crippen LogP contribution in [-0.2, 0) is 35.7 Å². The van der Waals surface area contributed by atoms with Crippen LogP contribution in [0, 0.1) is 0 Å². The highest BCUT2D eigenvalue weighted by Crippen LogP contribution is 2.52. The third kappa shape index (κ3) is 6.97. The second kappa shape index (κ2) is 15.2. The summed E-state index contributed by atoms with van der Waals surface area (Å²) >= 11 is 0. The van der Waals surface area contributed by atoms with E-state index >= 15 is 0 Å². The van der Waals surface area contributed by atoms with Gasteiger partial charge >= 0.3 is 0 Å². The van der Waals surface area contributed by atoms with E-state index in [1.807, 2.05) is 31.3 Å². The van der Waals surface area contributed by atoms with Gasteiger partial charge in [0.15, 0.2) is 34.5 Å². The molecule has 6 bridgehead atoms. The van der Waals surface area contributed by atoms with E-state index in [1.165, 1.54) is 18.2 Å². The number of nitrogens with zero attached hydrogens (tertiary/aromatic N) is 2. The molecule has 0 amide bonds. The molecule has 0 spiro atoms. The van der Waals surface area contributed by atoms with Crippen LogP contribution in [0.5, 0.6) is 46.0 Å². The first-order valence-electron chi connectivity index (χ1n) is 18.7. The fourth-order valence-electron chi connectivity index (χ4n) is 8.28. The molecule has 5 aromatic carbocycles. The van der Waals surface area contributed by atoms with Crippen LogP contribution in [0.2, 0.25) is 0 Å². The number of hydrogen-bond acceptors (Lipinski definition) is 10.